The summed E-state index contributed by atoms with van der Waals surface area (Å²) in [6.07, 6.45) is 2.01. The average molecular weight is 403 g/mol. The first kappa shape index (κ1) is 20.0. The highest BCUT2D eigenvalue weighted by atomic mass is 16.5. The molecule has 0 amide bonds. The number of benzene rings is 3. The minimum atomic E-state index is -0.145. The first-order chi connectivity index (χ1) is 14.6. The monoisotopic (exact) mass is 403 g/mol. The van der Waals surface area contributed by atoms with Crippen LogP contribution in [0.1, 0.15) is 31.7 Å². The Labute approximate surface area is 175 Å². The highest BCUT2D eigenvalue weighted by Gasteiger charge is 2.09. The molecule has 0 atom stereocenters. The molecule has 1 aromatic heterocycles. The maximum atomic E-state index is 11.3. The first-order valence-electron chi connectivity index (χ1n) is 10.3. The molecule has 0 bridgehead atoms. The zero-order valence-electron chi connectivity index (χ0n) is 17.3. The number of aromatic nitrogens is 1. The fourth-order valence-corrected chi connectivity index (χ4v) is 3.40. The summed E-state index contributed by atoms with van der Waals surface area (Å²) in [5.74, 6) is 1.30. The third-order valence-electron chi connectivity index (χ3n) is 4.95. The highest BCUT2D eigenvalue weighted by Crippen LogP contribution is 2.29. The first-order valence-corrected chi connectivity index (χ1v) is 10.3. The minimum absolute atomic E-state index is 0.145. The lowest BCUT2D eigenvalue weighted by atomic mass is 10.1. The number of aryl methyl sites for hydroxylation is 1. The Kier molecular flexibility index (Phi) is 5.98. The normalized spacial score (nSPS) is 11.1. The standard InChI is InChI=1S/C25H25NO4/c1-3-28-24(27)6-4-5-13-29-21-11-10-18-15-20(9-8-19(18)16-21)25-26-22-12-7-17(2)14-23(22)30-25/h7-12,14-16H,3-6,13H2,1-2H3. The van der Waals surface area contributed by atoms with Gasteiger partial charge in [0.15, 0.2) is 5.58 Å². The molecule has 0 saturated carbocycles. The number of unbranched alkanes of at least 4 members (excludes halogenated alkanes) is 1. The zero-order chi connectivity index (χ0) is 20.9. The molecule has 0 fully saturated rings. The van der Waals surface area contributed by atoms with E-state index in [0.29, 0.717) is 25.5 Å². The summed E-state index contributed by atoms with van der Waals surface area (Å²) in [4.78, 5) is 16.0. The van der Waals surface area contributed by atoms with Gasteiger partial charge in [-0.15, -0.1) is 0 Å². The quantitative estimate of drug-likeness (QED) is 0.264. The van der Waals surface area contributed by atoms with Crippen LogP contribution in [0.25, 0.3) is 33.3 Å². The Morgan fingerprint density at radius 1 is 1.00 bits per heavy atom. The number of ether oxygens (including phenoxy) is 2. The van der Waals surface area contributed by atoms with E-state index >= 15 is 0 Å². The van der Waals surface area contributed by atoms with E-state index in [-0.39, 0.29) is 5.97 Å². The summed E-state index contributed by atoms with van der Waals surface area (Å²) < 4.78 is 16.7. The van der Waals surface area contributed by atoms with Crippen molar-refractivity contribution in [3.8, 4) is 17.2 Å². The van der Waals surface area contributed by atoms with Crippen LogP contribution in [0, 0.1) is 6.92 Å². The molecule has 5 nitrogen and oxygen atoms in total. The predicted octanol–water partition coefficient (Wildman–Crippen LogP) is 6.07. The van der Waals surface area contributed by atoms with Crippen molar-refractivity contribution in [1.82, 2.24) is 4.98 Å². The molecule has 0 saturated heterocycles. The Morgan fingerprint density at radius 3 is 2.70 bits per heavy atom. The molecule has 4 rings (SSSR count). The van der Waals surface area contributed by atoms with E-state index < -0.39 is 0 Å². The van der Waals surface area contributed by atoms with Crippen LogP contribution in [-0.2, 0) is 9.53 Å². The van der Waals surface area contributed by atoms with Gasteiger partial charge in [-0.3, -0.25) is 4.79 Å². The fraction of sp³-hybridized carbons (Fsp3) is 0.280. The van der Waals surface area contributed by atoms with Gasteiger partial charge in [0, 0.05) is 12.0 Å². The topological polar surface area (TPSA) is 61.6 Å². The van der Waals surface area contributed by atoms with Crippen LogP contribution < -0.4 is 4.74 Å². The van der Waals surface area contributed by atoms with Crippen LogP contribution in [0.15, 0.2) is 59.0 Å². The largest absolute Gasteiger partial charge is 0.494 e. The number of fused-ring (bicyclic) bond motifs is 2. The van der Waals surface area contributed by atoms with E-state index in [2.05, 4.69) is 17.1 Å². The lowest BCUT2D eigenvalue weighted by molar-refractivity contribution is -0.143. The molecular formula is C25H25NO4. The van der Waals surface area contributed by atoms with Crippen LogP contribution in [0.4, 0.5) is 0 Å². The van der Waals surface area contributed by atoms with Crippen LogP contribution in [0.2, 0.25) is 0 Å². The van der Waals surface area contributed by atoms with Crippen LogP contribution >= 0.6 is 0 Å². The van der Waals surface area contributed by atoms with Crippen molar-refractivity contribution in [3.05, 3.63) is 60.2 Å². The van der Waals surface area contributed by atoms with Crippen molar-refractivity contribution in [3.63, 3.8) is 0 Å². The van der Waals surface area contributed by atoms with Gasteiger partial charge >= 0.3 is 5.97 Å². The van der Waals surface area contributed by atoms with Gasteiger partial charge in [-0.1, -0.05) is 18.2 Å². The Bertz CT molecular complexity index is 1180. The Balaban J connectivity index is 1.41. The lowest BCUT2D eigenvalue weighted by Crippen LogP contribution is -2.05. The average Bonchev–Trinajstić information content (AvgIpc) is 3.16. The molecule has 0 unspecified atom stereocenters. The van der Waals surface area contributed by atoms with E-state index in [1.807, 2.05) is 56.3 Å². The number of hydrogen-bond donors (Lipinski definition) is 0. The molecule has 30 heavy (non-hydrogen) atoms. The fourth-order valence-electron chi connectivity index (χ4n) is 3.40. The van der Waals surface area contributed by atoms with Crippen LogP contribution in [0.3, 0.4) is 0 Å². The van der Waals surface area contributed by atoms with Crippen molar-refractivity contribution in [2.75, 3.05) is 13.2 Å². The summed E-state index contributed by atoms with van der Waals surface area (Å²) in [7, 11) is 0. The van der Waals surface area contributed by atoms with Gasteiger partial charge in [0.2, 0.25) is 5.89 Å². The van der Waals surface area contributed by atoms with Crippen molar-refractivity contribution < 1.29 is 18.7 Å². The summed E-state index contributed by atoms with van der Waals surface area (Å²) in [5.41, 5.74) is 3.76. The number of esters is 1. The predicted molar refractivity (Wildman–Crippen MR) is 118 cm³/mol. The van der Waals surface area contributed by atoms with Gasteiger partial charge in [0.1, 0.15) is 11.3 Å². The molecule has 1 heterocycles. The van der Waals surface area contributed by atoms with Gasteiger partial charge in [-0.25, -0.2) is 4.98 Å². The Hall–Kier alpha value is -3.34. The molecule has 0 aliphatic carbocycles. The van der Waals surface area contributed by atoms with Crippen LogP contribution in [-0.4, -0.2) is 24.2 Å². The maximum absolute atomic E-state index is 11.3. The molecule has 0 radical (unpaired) electrons. The van der Waals surface area contributed by atoms with E-state index in [1.165, 1.54) is 0 Å². The molecule has 0 aliphatic heterocycles. The number of carbonyl (C=O) groups is 1. The second kappa shape index (κ2) is 8.99. The number of oxazole rings is 1. The van der Waals surface area contributed by atoms with Crippen molar-refractivity contribution >= 4 is 27.8 Å². The lowest BCUT2D eigenvalue weighted by Gasteiger charge is -2.08. The number of rotatable bonds is 8. The van der Waals surface area contributed by atoms with E-state index in [0.717, 1.165) is 51.6 Å². The molecule has 0 spiro atoms. The Morgan fingerprint density at radius 2 is 1.83 bits per heavy atom. The minimum Gasteiger partial charge on any atom is -0.494 e. The number of carbonyl (C=O) groups excluding carboxylic acids is 1. The number of hydrogen-bond acceptors (Lipinski definition) is 5. The number of nitrogens with zero attached hydrogens (tertiary/aromatic N) is 1. The van der Waals surface area contributed by atoms with Crippen LogP contribution in [0.5, 0.6) is 5.75 Å². The van der Waals surface area contributed by atoms with Crippen molar-refractivity contribution in [2.24, 2.45) is 0 Å². The van der Waals surface area contributed by atoms with E-state index in [9.17, 15) is 4.79 Å². The van der Waals surface area contributed by atoms with Crippen molar-refractivity contribution in [2.45, 2.75) is 33.1 Å². The SMILES string of the molecule is CCOC(=O)CCCCOc1ccc2cc(-c3nc4ccc(C)cc4o3)ccc2c1. The maximum Gasteiger partial charge on any atom is 0.305 e. The summed E-state index contributed by atoms with van der Waals surface area (Å²) >= 11 is 0. The zero-order valence-corrected chi connectivity index (χ0v) is 17.3. The molecule has 5 heteroatoms. The second-order valence-corrected chi connectivity index (χ2v) is 7.32. The third kappa shape index (κ3) is 4.62. The molecule has 3 aromatic carbocycles. The summed E-state index contributed by atoms with van der Waals surface area (Å²) in [6, 6.07) is 18.2. The van der Waals surface area contributed by atoms with E-state index in [1.54, 1.807) is 0 Å². The molecule has 4 aromatic rings. The molecule has 154 valence electrons. The van der Waals surface area contributed by atoms with Crippen molar-refractivity contribution in [1.29, 1.82) is 0 Å². The molecular weight excluding hydrogens is 378 g/mol. The smallest absolute Gasteiger partial charge is 0.305 e. The van der Waals surface area contributed by atoms with E-state index in [4.69, 9.17) is 13.9 Å². The summed E-state index contributed by atoms with van der Waals surface area (Å²) in [6.45, 7) is 4.86. The second-order valence-electron chi connectivity index (χ2n) is 7.32. The highest BCUT2D eigenvalue weighted by molar-refractivity contribution is 5.88. The molecule has 0 N–H and O–H groups in total. The third-order valence-corrected chi connectivity index (χ3v) is 4.95. The van der Waals surface area contributed by atoms with Gasteiger partial charge < -0.3 is 13.9 Å². The van der Waals surface area contributed by atoms with Gasteiger partial charge in [-0.05, 0) is 79.4 Å². The van der Waals surface area contributed by atoms with Gasteiger partial charge in [-0.2, -0.15) is 0 Å². The summed E-state index contributed by atoms with van der Waals surface area (Å²) in [5, 5.41) is 2.19. The molecule has 0 aliphatic rings. The van der Waals surface area contributed by atoms with Gasteiger partial charge in [0.25, 0.3) is 0 Å². The van der Waals surface area contributed by atoms with Gasteiger partial charge in [0.05, 0.1) is 13.2 Å².